The molecular weight excluding hydrogens is 511 g/mol. The minimum absolute atomic E-state index is 0.0986. The zero-order valence-corrected chi connectivity index (χ0v) is 21.6. The number of aromatic nitrogens is 1. The molecule has 0 fully saturated rings. The fourth-order valence-corrected chi connectivity index (χ4v) is 4.55. The quantitative estimate of drug-likeness (QED) is 0.345. The Morgan fingerprint density at radius 1 is 1.17 bits per heavy atom. The van der Waals surface area contributed by atoms with Gasteiger partial charge in [0.25, 0.3) is 11.5 Å². The summed E-state index contributed by atoms with van der Waals surface area (Å²) in [5.41, 5.74) is 9.79. The Labute approximate surface area is 217 Å². The minimum Gasteiger partial charge on any atom is -0.480 e. The smallest absolute Gasteiger partial charge is 0.272 e. The number of thiophene rings is 1. The van der Waals surface area contributed by atoms with Crippen LogP contribution in [0.25, 0.3) is 0 Å². The lowest BCUT2D eigenvalue weighted by Crippen LogP contribution is -2.35. The molecule has 0 radical (unpaired) electrons. The number of hydrogen-bond acceptors (Lipinski definition) is 6. The second-order valence-electron chi connectivity index (χ2n) is 7.82. The second kappa shape index (κ2) is 12.1. The summed E-state index contributed by atoms with van der Waals surface area (Å²) in [4.78, 5) is 38.2. The molecule has 8 nitrogen and oxygen atoms in total. The van der Waals surface area contributed by atoms with E-state index in [4.69, 9.17) is 33.7 Å². The Morgan fingerprint density at radius 2 is 1.94 bits per heavy atom. The molecule has 186 valence electrons. The van der Waals surface area contributed by atoms with Gasteiger partial charge in [-0.1, -0.05) is 30.1 Å². The van der Waals surface area contributed by atoms with E-state index in [1.807, 2.05) is 6.07 Å². The number of carbonyl (C=O) groups excluding carboxylic acids is 2. The van der Waals surface area contributed by atoms with Crippen molar-refractivity contribution in [3.8, 4) is 5.75 Å². The van der Waals surface area contributed by atoms with E-state index in [9.17, 15) is 14.4 Å². The molecule has 3 rings (SSSR count). The summed E-state index contributed by atoms with van der Waals surface area (Å²) in [5.74, 6) is -0.526. The van der Waals surface area contributed by atoms with Crippen molar-refractivity contribution in [3.05, 3.63) is 83.9 Å². The van der Waals surface area contributed by atoms with Crippen LogP contribution >= 0.6 is 34.5 Å². The van der Waals surface area contributed by atoms with E-state index >= 15 is 0 Å². The summed E-state index contributed by atoms with van der Waals surface area (Å²) >= 11 is 13.5. The van der Waals surface area contributed by atoms with Crippen LogP contribution in [0.4, 0.5) is 0 Å². The zero-order valence-electron chi connectivity index (χ0n) is 19.3. The lowest BCUT2D eigenvalue weighted by molar-refractivity contribution is -0.125. The van der Waals surface area contributed by atoms with Crippen molar-refractivity contribution < 1.29 is 14.3 Å². The molecule has 0 saturated heterocycles. The number of aryl methyl sites for hydroxylation is 1. The molecule has 4 N–H and O–H groups in total. The molecule has 2 heterocycles. The van der Waals surface area contributed by atoms with Gasteiger partial charge < -0.3 is 21.2 Å². The molecule has 35 heavy (non-hydrogen) atoms. The summed E-state index contributed by atoms with van der Waals surface area (Å²) < 4.78 is 7.76. The van der Waals surface area contributed by atoms with Gasteiger partial charge in [-0.3, -0.25) is 14.4 Å². The third-order valence-corrected chi connectivity index (χ3v) is 6.74. The van der Waals surface area contributed by atoms with Gasteiger partial charge in [-0.05, 0) is 55.3 Å². The van der Waals surface area contributed by atoms with Gasteiger partial charge in [0.05, 0.1) is 17.3 Å². The normalized spacial score (nSPS) is 11.7. The third-order valence-electron chi connectivity index (χ3n) is 5.27. The highest BCUT2D eigenvalue weighted by Gasteiger charge is 2.18. The van der Waals surface area contributed by atoms with E-state index in [-0.39, 0.29) is 24.4 Å². The maximum Gasteiger partial charge on any atom is 0.272 e. The monoisotopic (exact) mass is 536 g/mol. The van der Waals surface area contributed by atoms with Gasteiger partial charge in [0, 0.05) is 33.8 Å². The van der Waals surface area contributed by atoms with E-state index in [0.717, 1.165) is 4.88 Å². The lowest BCUT2D eigenvalue weighted by Gasteiger charge is -2.18. The molecule has 1 atom stereocenters. The summed E-state index contributed by atoms with van der Waals surface area (Å²) in [6.45, 7) is 4.09. The molecule has 0 aliphatic rings. The summed E-state index contributed by atoms with van der Waals surface area (Å²) in [6.07, 6.45) is 1.13. The first-order valence-electron chi connectivity index (χ1n) is 10.9. The molecule has 0 saturated carbocycles. The number of primary amides is 1. The number of rotatable bonds is 11. The van der Waals surface area contributed by atoms with Gasteiger partial charge in [-0.2, -0.15) is 0 Å². The first kappa shape index (κ1) is 26.6. The fourth-order valence-electron chi connectivity index (χ4n) is 3.33. The van der Waals surface area contributed by atoms with Crippen LogP contribution in [-0.4, -0.2) is 22.6 Å². The van der Waals surface area contributed by atoms with Gasteiger partial charge in [0.2, 0.25) is 5.91 Å². The molecule has 2 aromatic heterocycles. The number of halogens is 2. The standard InChI is InChI=1S/C24H26Cl2N4O4S/c1-3-19(23(27)32)34-20-6-4-16(25)10-15(20)12-28-22(31)11-18-14(2)8-9-30(24(18)33)29-13-17-5-7-21(26)35-17/h4-10,19,29H,3,11-13H2,1-2H3,(H2,27,32)(H,28,31). The lowest BCUT2D eigenvalue weighted by atomic mass is 10.1. The fraction of sp³-hybridized carbons (Fsp3) is 0.292. The van der Waals surface area contributed by atoms with Crippen LogP contribution in [0.1, 0.15) is 34.9 Å². The zero-order chi connectivity index (χ0) is 25.5. The van der Waals surface area contributed by atoms with Crippen molar-refractivity contribution >= 4 is 46.4 Å². The SMILES string of the molecule is CCC(Oc1ccc(Cl)cc1CNC(=O)Cc1c(C)ccn(NCc2ccc(Cl)s2)c1=O)C(N)=O. The Morgan fingerprint density at radius 3 is 2.60 bits per heavy atom. The first-order valence-corrected chi connectivity index (χ1v) is 12.5. The highest BCUT2D eigenvalue weighted by Crippen LogP contribution is 2.25. The van der Waals surface area contributed by atoms with Gasteiger partial charge in [-0.15, -0.1) is 11.3 Å². The Kier molecular flexibility index (Phi) is 9.20. The number of ether oxygens (including phenoxy) is 1. The minimum atomic E-state index is -0.797. The summed E-state index contributed by atoms with van der Waals surface area (Å²) in [7, 11) is 0. The molecule has 1 unspecified atom stereocenters. The molecule has 0 spiro atoms. The Hall–Kier alpha value is -3.01. The second-order valence-corrected chi connectivity index (χ2v) is 10.1. The first-order chi connectivity index (χ1) is 16.7. The molecule has 2 amide bonds. The van der Waals surface area contributed by atoms with Crippen molar-refractivity contribution in [3.63, 3.8) is 0 Å². The van der Waals surface area contributed by atoms with Gasteiger partial charge in [0.1, 0.15) is 5.75 Å². The van der Waals surface area contributed by atoms with Crippen LogP contribution in [0.5, 0.6) is 5.75 Å². The van der Waals surface area contributed by atoms with E-state index in [1.54, 1.807) is 50.4 Å². The van der Waals surface area contributed by atoms with Crippen molar-refractivity contribution in [1.82, 2.24) is 9.99 Å². The van der Waals surface area contributed by atoms with E-state index in [1.165, 1.54) is 16.0 Å². The van der Waals surface area contributed by atoms with Crippen LogP contribution < -0.4 is 26.8 Å². The maximum absolute atomic E-state index is 13.0. The Bertz CT molecular complexity index is 1270. The number of nitrogens with zero attached hydrogens (tertiary/aromatic N) is 1. The maximum atomic E-state index is 13.0. The average molecular weight is 537 g/mol. The number of pyridine rings is 1. The van der Waals surface area contributed by atoms with Crippen LogP contribution in [0, 0.1) is 6.92 Å². The Balaban J connectivity index is 1.68. The van der Waals surface area contributed by atoms with Crippen LogP contribution in [0.3, 0.4) is 0 Å². The van der Waals surface area contributed by atoms with E-state index in [2.05, 4.69) is 10.7 Å². The number of benzene rings is 1. The van der Waals surface area contributed by atoms with E-state index < -0.39 is 12.0 Å². The highest BCUT2D eigenvalue weighted by atomic mass is 35.5. The predicted octanol–water partition coefficient (Wildman–Crippen LogP) is 3.77. The molecule has 0 aliphatic heterocycles. The van der Waals surface area contributed by atoms with Crippen LogP contribution in [-0.2, 0) is 29.1 Å². The van der Waals surface area contributed by atoms with Crippen molar-refractivity contribution in [2.75, 3.05) is 5.43 Å². The van der Waals surface area contributed by atoms with Crippen molar-refractivity contribution in [2.24, 2.45) is 5.73 Å². The molecule has 0 bridgehead atoms. The van der Waals surface area contributed by atoms with Crippen molar-refractivity contribution in [2.45, 2.75) is 45.9 Å². The predicted molar refractivity (Wildman–Crippen MR) is 139 cm³/mol. The topological polar surface area (TPSA) is 115 Å². The van der Waals surface area contributed by atoms with Crippen molar-refractivity contribution in [1.29, 1.82) is 0 Å². The number of carbonyl (C=O) groups is 2. The van der Waals surface area contributed by atoms with Gasteiger partial charge in [0.15, 0.2) is 6.10 Å². The molecule has 3 aromatic rings. The van der Waals surface area contributed by atoms with Gasteiger partial charge in [-0.25, -0.2) is 4.68 Å². The van der Waals surface area contributed by atoms with Gasteiger partial charge >= 0.3 is 0 Å². The molecular formula is C24H26Cl2N4O4S. The number of hydrogen-bond donors (Lipinski definition) is 3. The third kappa shape index (κ3) is 7.24. The number of amides is 2. The van der Waals surface area contributed by atoms with Crippen LogP contribution in [0.15, 0.2) is 47.4 Å². The summed E-state index contributed by atoms with van der Waals surface area (Å²) in [6, 6.07) is 10.4. The summed E-state index contributed by atoms with van der Waals surface area (Å²) in [5, 5.41) is 3.25. The molecule has 0 aliphatic carbocycles. The van der Waals surface area contributed by atoms with E-state index in [0.29, 0.717) is 44.8 Å². The largest absolute Gasteiger partial charge is 0.480 e. The molecule has 1 aromatic carbocycles. The number of nitrogens with two attached hydrogens (primary N) is 1. The highest BCUT2D eigenvalue weighted by molar-refractivity contribution is 7.16. The molecule has 11 heteroatoms. The average Bonchev–Trinajstić information content (AvgIpc) is 3.24. The number of nitrogens with one attached hydrogen (secondary N) is 2. The van der Waals surface area contributed by atoms with Crippen LogP contribution in [0.2, 0.25) is 9.36 Å².